The van der Waals surface area contributed by atoms with E-state index in [1.54, 1.807) is 7.11 Å². The SMILES string of the molecule is CCC(C)COc1ccccc1.COc1ccccc1. The highest BCUT2D eigenvalue weighted by Crippen LogP contribution is 2.10. The molecule has 2 aromatic rings. The maximum atomic E-state index is 5.56. The molecular formula is C18H24O2. The molecule has 2 rings (SSSR count). The summed E-state index contributed by atoms with van der Waals surface area (Å²) in [6.45, 7) is 5.20. The van der Waals surface area contributed by atoms with Gasteiger partial charge in [-0.3, -0.25) is 0 Å². The molecule has 0 radical (unpaired) electrons. The molecule has 0 fully saturated rings. The Bertz CT molecular complexity index is 439. The summed E-state index contributed by atoms with van der Waals surface area (Å²) in [6.07, 6.45) is 1.17. The molecule has 0 aliphatic carbocycles. The van der Waals surface area contributed by atoms with E-state index in [1.165, 1.54) is 6.42 Å². The van der Waals surface area contributed by atoms with Crippen LogP contribution in [0.3, 0.4) is 0 Å². The summed E-state index contributed by atoms with van der Waals surface area (Å²) in [6, 6.07) is 19.6. The summed E-state index contributed by atoms with van der Waals surface area (Å²) in [5.41, 5.74) is 0. The number of benzene rings is 2. The molecular weight excluding hydrogens is 248 g/mol. The van der Waals surface area contributed by atoms with Gasteiger partial charge in [-0.15, -0.1) is 0 Å². The van der Waals surface area contributed by atoms with Crippen molar-refractivity contribution in [3.05, 3.63) is 60.7 Å². The fourth-order valence-corrected chi connectivity index (χ4v) is 1.43. The Balaban J connectivity index is 0.000000217. The van der Waals surface area contributed by atoms with Crippen LogP contribution in [0.25, 0.3) is 0 Å². The Morgan fingerprint density at radius 3 is 1.75 bits per heavy atom. The van der Waals surface area contributed by atoms with Crippen LogP contribution in [0.5, 0.6) is 11.5 Å². The lowest BCUT2D eigenvalue weighted by Gasteiger charge is -2.10. The molecule has 0 N–H and O–H groups in total. The van der Waals surface area contributed by atoms with E-state index in [9.17, 15) is 0 Å². The van der Waals surface area contributed by atoms with Crippen molar-refractivity contribution in [2.24, 2.45) is 5.92 Å². The summed E-state index contributed by atoms with van der Waals surface area (Å²) >= 11 is 0. The van der Waals surface area contributed by atoms with Gasteiger partial charge in [-0.25, -0.2) is 0 Å². The predicted octanol–water partition coefficient (Wildman–Crippen LogP) is 4.81. The molecule has 2 nitrogen and oxygen atoms in total. The van der Waals surface area contributed by atoms with Crippen LogP contribution >= 0.6 is 0 Å². The lowest BCUT2D eigenvalue weighted by atomic mass is 10.1. The average Bonchev–Trinajstić information content (AvgIpc) is 2.55. The Hall–Kier alpha value is -1.96. The van der Waals surface area contributed by atoms with Crippen molar-refractivity contribution in [1.29, 1.82) is 0 Å². The summed E-state index contributed by atoms with van der Waals surface area (Å²) in [4.78, 5) is 0. The fourth-order valence-electron chi connectivity index (χ4n) is 1.43. The highest BCUT2D eigenvalue weighted by atomic mass is 16.5. The molecule has 20 heavy (non-hydrogen) atoms. The highest BCUT2D eigenvalue weighted by molar-refractivity contribution is 5.21. The Kier molecular flexibility index (Phi) is 7.97. The minimum atomic E-state index is 0.644. The Labute approximate surface area is 122 Å². The molecule has 0 heterocycles. The Morgan fingerprint density at radius 1 is 0.850 bits per heavy atom. The van der Waals surface area contributed by atoms with Crippen LogP contribution in [0.15, 0.2) is 60.7 Å². The van der Waals surface area contributed by atoms with Crippen LogP contribution < -0.4 is 9.47 Å². The van der Waals surface area contributed by atoms with E-state index in [1.807, 2.05) is 60.7 Å². The van der Waals surface area contributed by atoms with Crippen molar-refractivity contribution in [2.45, 2.75) is 20.3 Å². The average molecular weight is 272 g/mol. The minimum absolute atomic E-state index is 0.644. The van der Waals surface area contributed by atoms with Gasteiger partial charge in [0.25, 0.3) is 0 Å². The summed E-state index contributed by atoms with van der Waals surface area (Å²) in [5.74, 6) is 2.52. The first-order valence-electron chi connectivity index (χ1n) is 7.03. The second-order valence-corrected chi connectivity index (χ2v) is 4.65. The predicted molar refractivity (Wildman–Crippen MR) is 84.4 cm³/mol. The van der Waals surface area contributed by atoms with E-state index in [0.29, 0.717) is 5.92 Å². The number of para-hydroxylation sites is 2. The number of ether oxygens (including phenoxy) is 2. The normalized spacial score (nSPS) is 10.9. The van der Waals surface area contributed by atoms with Crippen LogP contribution in [0.4, 0.5) is 0 Å². The van der Waals surface area contributed by atoms with Crippen molar-refractivity contribution in [3.8, 4) is 11.5 Å². The van der Waals surface area contributed by atoms with Gasteiger partial charge in [0.1, 0.15) is 11.5 Å². The zero-order chi connectivity index (χ0) is 14.6. The molecule has 0 saturated heterocycles. The molecule has 2 aromatic carbocycles. The lowest BCUT2D eigenvalue weighted by molar-refractivity contribution is 0.256. The largest absolute Gasteiger partial charge is 0.497 e. The van der Waals surface area contributed by atoms with Gasteiger partial charge >= 0.3 is 0 Å². The molecule has 0 bridgehead atoms. The molecule has 0 amide bonds. The zero-order valence-electron chi connectivity index (χ0n) is 12.6. The van der Waals surface area contributed by atoms with Crippen molar-refractivity contribution in [3.63, 3.8) is 0 Å². The fraction of sp³-hybridized carbons (Fsp3) is 0.333. The second kappa shape index (κ2) is 9.90. The first kappa shape index (κ1) is 16.1. The number of methoxy groups -OCH3 is 1. The van der Waals surface area contributed by atoms with E-state index < -0.39 is 0 Å². The molecule has 1 atom stereocenters. The molecule has 2 heteroatoms. The van der Waals surface area contributed by atoms with E-state index in [-0.39, 0.29) is 0 Å². The first-order valence-corrected chi connectivity index (χ1v) is 7.03. The van der Waals surface area contributed by atoms with Crippen molar-refractivity contribution in [2.75, 3.05) is 13.7 Å². The summed E-state index contributed by atoms with van der Waals surface area (Å²) < 4.78 is 10.5. The van der Waals surface area contributed by atoms with E-state index in [2.05, 4.69) is 13.8 Å². The maximum Gasteiger partial charge on any atom is 0.119 e. The molecule has 0 saturated carbocycles. The van der Waals surface area contributed by atoms with Crippen LogP contribution in [-0.4, -0.2) is 13.7 Å². The zero-order valence-corrected chi connectivity index (χ0v) is 12.6. The van der Waals surface area contributed by atoms with Gasteiger partial charge in [-0.1, -0.05) is 56.7 Å². The smallest absolute Gasteiger partial charge is 0.119 e. The molecule has 108 valence electrons. The molecule has 0 spiro atoms. The van der Waals surface area contributed by atoms with Gasteiger partial charge in [0.15, 0.2) is 0 Å². The quantitative estimate of drug-likeness (QED) is 0.778. The van der Waals surface area contributed by atoms with Crippen LogP contribution in [-0.2, 0) is 0 Å². The third-order valence-corrected chi connectivity index (χ3v) is 2.95. The first-order chi connectivity index (χ1) is 9.76. The van der Waals surface area contributed by atoms with Crippen molar-refractivity contribution >= 4 is 0 Å². The van der Waals surface area contributed by atoms with E-state index >= 15 is 0 Å². The van der Waals surface area contributed by atoms with Gasteiger partial charge in [-0.05, 0) is 30.2 Å². The van der Waals surface area contributed by atoms with Gasteiger partial charge in [0, 0.05) is 0 Å². The highest BCUT2D eigenvalue weighted by Gasteiger charge is 1.98. The van der Waals surface area contributed by atoms with Crippen LogP contribution in [0.1, 0.15) is 20.3 Å². The molecule has 0 aromatic heterocycles. The molecule has 0 aliphatic heterocycles. The number of rotatable bonds is 5. The van der Waals surface area contributed by atoms with Crippen LogP contribution in [0.2, 0.25) is 0 Å². The Morgan fingerprint density at radius 2 is 1.35 bits per heavy atom. The number of hydrogen-bond acceptors (Lipinski definition) is 2. The van der Waals surface area contributed by atoms with E-state index in [4.69, 9.17) is 9.47 Å². The topological polar surface area (TPSA) is 18.5 Å². The van der Waals surface area contributed by atoms with Crippen molar-refractivity contribution in [1.82, 2.24) is 0 Å². The standard InChI is InChI=1S/C11H16O.C7H8O/c1-3-10(2)9-12-11-7-5-4-6-8-11;1-8-7-5-3-2-4-6-7/h4-8,10H,3,9H2,1-2H3;2-6H,1H3. The monoisotopic (exact) mass is 272 g/mol. The lowest BCUT2D eigenvalue weighted by Crippen LogP contribution is -2.06. The second-order valence-electron chi connectivity index (χ2n) is 4.65. The third-order valence-electron chi connectivity index (χ3n) is 2.95. The summed E-state index contributed by atoms with van der Waals surface area (Å²) in [7, 11) is 1.66. The van der Waals surface area contributed by atoms with Crippen LogP contribution in [0, 0.1) is 5.92 Å². The van der Waals surface area contributed by atoms with Gasteiger partial charge in [0.05, 0.1) is 13.7 Å². The van der Waals surface area contributed by atoms with Gasteiger partial charge < -0.3 is 9.47 Å². The van der Waals surface area contributed by atoms with Crippen molar-refractivity contribution < 1.29 is 9.47 Å². The summed E-state index contributed by atoms with van der Waals surface area (Å²) in [5, 5.41) is 0. The maximum absolute atomic E-state index is 5.56. The third kappa shape index (κ3) is 6.83. The molecule has 0 aliphatic rings. The minimum Gasteiger partial charge on any atom is -0.497 e. The molecule has 1 unspecified atom stereocenters. The van der Waals surface area contributed by atoms with Gasteiger partial charge in [-0.2, -0.15) is 0 Å². The van der Waals surface area contributed by atoms with Gasteiger partial charge in [0.2, 0.25) is 0 Å². The number of hydrogen-bond donors (Lipinski definition) is 0. The van der Waals surface area contributed by atoms with E-state index in [0.717, 1.165) is 18.1 Å².